The van der Waals surface area contributed by atoms with Gasteiger partial charge in [0.15, 0.2) is 0 Å². The Balaban J connectivity index is 1.28. The van der Waals surface area contributed by atoms with E-state index in [9.17, 15) is 39.0 Å². The third-order valence-electron chi connectivity index (χ3n) is 9.18. The van der Waals surface area contributed by atoms with Crippen molar-refractivity contribution in [3.8, 4) is 11.1 Å². The van der Waals surface area contributed by atoms with Crippen molar-refractivity contribution in [3.05, 3.63) is 48.5 Å². The normalized spacial score (nSPS) is 18.5. The van der Waals surface area contributed by atoms with E-state index in [0.717, 1.165) is 25.3 Å². The number of anilines is 2. The van der Waals surface area contributed by atoms with Crippen LogP contribution in [0.3, 0.4) is 0 Å². The Hall–Kier alpha value is -5.22. The molecule has 2 aliphatic rings. The highest BCUT2D eigenvalue weighted by molar-refractivity contribution is 5.95. The molecule has 2 aromatic carbocycles. The number of nitrogens with one attached hydrogen (secondary N) is 4. The molecule has 6 N–H and O–H groups in total. The monoisotopic (exact) mass is 724 g/mol. The second-order valence-electron chi connectivity index (χ2n) is 14.1. The summed E-state index contributed by atoms with van der Waals surface area (Å²) in [7, 11) is 2.32. The molecule has 4 atom stereocenters. The number of likely N-dealkylation sites (tertiary alicyclic amines) is 2. The minimum Gasteiger partial charge on any atom is -0.453 e. The molecule has 16 nitrogen and oxygen atoms in total. The molecule has 6 amide bonds. The van der Waals surface area contributed by atoms with Gasteiger partial charge in [-0.25, -0.2) is 9.59 Å². The van der Waals surface area contributed by atoms with Gasteiger partial charge in [-0.1, -0.05) is 24.3 Å². The van der Waals surface area contributed by atoms with Gasteiger partial charge in [-0.05, 0) is 75.9 Å². The molecule has 52 heavy (non-hydrogen) atoms. The summed E-state index contributed by atoms with van der Waals surface area (Å²) in [5.41, 5.74) is -0.223. The average Bonchev–Trinajstić information content (AvgIpc) is 3.80. The van der Waals surface area contributed by atoms with Crippen molar-refractivity contribution < 1.29 is 48.5 Å². The lowest BCUT2D eigenvalue weighted by Gasteiger charge is -2.31. The summed E-state index contributed by atoms with van der Waals surface area (Å²) in [6.07, 6.45) is -0.856. The molecular formula is C36H48N6O10. The molecule has 4 rings (SSSR count). The second-order valence-corrected chi connectivity index (χ2v) is 14.1. The van der Waals surface area contributed by atoms with Crippen LogP contribution < -0.4 is 21.3 Å². The number of hydrogen-bond acceptors (Lipinski definition) is 10. The summed E-state index contributed by atoms with van der Waals surface area (Å²) in [6, 6.07) is 12.0. The minimum absolute atomic E-state index is 0.134. The molecular weight excluding hydrogens is 676 g/mol. The number of benzene rings is 2. The fourth-order valence-corrected chi connectivity index (χ4v) is 6.13. The number of carbonyl (C=O) groups is 6. The van der Waals surface area contributed by atoms with E-state index in [1.54, 1.807) is 24.3 Å². The number of methoxy groups -OCH3 is 2. The molecule has 282 valence electrons. The summed E-state index contributed by atoms with van der Waals surface area (Å²) in [5.74, 6) is -2.48. The lowest BCUT2D eigenvalue weighted by Crippen LogP contribution is -2.58. The van der Waals surface area contributed by atoms with Crippen molar-refractivity contribution in [3.63, 3.8) is 0 Å². The number of amides is 6. The molecule has 2 aliphatic heterocycles. The van der Waals surface area contributed by atoms with Gasteiger partial charge >= 0.3 is 12.2 Å². The summed E-state index contributed by atoms with van der Waals surface area (Å²) in [4.78, 5) is 78.7. The van der Waals surface area contributed by atoms with Gasteiger partial charge in [0.25, 0.3) is 0 Å². The maximum Gasteiger partial charge on any atom is 0.407 e. The highest BCUT2D eigenvalue weighted by Gasteiger charge is 2.42. The van der Waals surface area contributed by atoms with E-state index in [1.165, 1.54) is 37.5 Å². The fraction of sp³-hybridized carbons (Fsp3) is 0.500. The maximum absolute atomic E-state index is 13.1. The van der Waals surface area contributed by atoms with Crippen LogP contribution in [0.4, 0.5) is 21.0 Å². The first-order valence-electron chi connectivity index (χ1n) is 16.9. The Kier molecular flexibility index (Phi) is 12.5. The van der Waals surface area contributed by atoms with Crippen molar-refractivity contribution >= 4 is 47.2 Å². The van der Waals surface area contributed by atoms with Crippen LogP contribution in [0.2, 0.25) is 0 Å². The molecule has 2 aromatic rings. The molecule has 0 unspecified atom stereocenters. The number of hydrogen-bond donors (Lipinski definition) is 6. The van der Waals surface area contributed by atoms with E-state index < -0.39 is 59.1 Å². The van der Waals surface area contributed by atoms with Gasteiger partial charge in [0.05, 0.1) is 37.3 Å². The highest BCUT2D eigenvalue weighted by Crippen LogP contribution is 2.27. The van der Waals surface area contributed by atoms with E-state index in [4.69, 9.17) is 0 Å². The zero-order valence-corrected chi connectivity index (χ0v) is 30.2. The summed E-state index contributed by atoms with van der Waals surface area (Å²) >= 11 is 0. The number of nitrogens with zero attached hydrogens (tertiary/aromatic N) is 2. The molecule has 0 aromatic heterocycles. The number of aliphatic hydroxyl groups is 2. The minimum atomic E-state index is -1.56. The first-order valence-corrected chi connectivity index (χ1v) is 16.9. The number of alkyl carbamates (subject to hydrolysis) is 2. The van der Waals surface area contributed by atoms with E-state index in [0.29, 0.717) is 37.3 Å². The first-order chi connectivity index (χ1) is 24.4. The van der Waals surface area contributed by atoms with Gasteiger partial charge in [-0.3, -0.25) is 19.2 Å². The van der Waals surface area contributed by atoms with Crippen molar-refractivity contribution in [2.45, 2.75) is 63.8 Å². The molecule has 0 bridgehead atoms. The molecule has 0 radical (unpaired) electrons. The van der Waals surface area contributed by atoms with Gasteiger partial charge in [0.2, 0.25) is 23.6 Å². The van der Waals surface area contributed by atoms with Crippen LogP contribution in [0, 0.1) is 11.8 Å². The van der Waals surface area contributed by atoms with Crippen LogP contribution in [0.1, 0.15) is 40.5 Å². The highest BCUT2D eigenvalue weighted by atomic mass is 16.5. The third kappa shape index (κ3) is 9.97. The first kappa shape index (κ1) is 39.6. The Morgan fingerprint density at radius 3 is 1.25 bits per heavy atom. The lowest BCUT2D eigenvalue weighted by molar-refractivity contribution is -0.139. The van der Waals surface area contributed by atoms with Gasteiger partial charge in [0, 0.05) is 37.6 Å². The van der Waals surface area contributed by atoms with E-state index in [1.807, 2.05) is 24.3 Å². The molecule has 2 heterocycles. The Morgan fingerprint density at radius 1 is 0.635 bits per heavy atom. The van der Waals surface area contributed by atoms with Crippen molar-refractivity contribution in [2.24, 2.45) is 11.8 Å². The van der Waals surface area contributed by atoms with Crippen LogP contribution in [-0.4, -0.2) is 120 Å². The number of ether oxygens (including phenoxy) is 2. The van der Waals surface area contributed by atoms with Gasteiger partial charge in [0.1, 0.15) is 12.1 Å². The molecule has 0 saturated carbocycles. The smallest absolute Gasteiger partial charge is 0.407 e. The Labute approximate surface area is 302 Å². The van der Waals surface area contributed by atoms with Gasteiger partial charge < -0.3 is 50.8 Å². The van der Waals surface area contributed by atoms with Crippen molar-refractivity contribution in [2.75, 3.05) is 51.0 Å². The van der Waals surface area contributed by atoms with Crippen molar-refractivity contribution in [1.82, 2.24) is 20.4 Å². The van der Waals surface area contributed by atoms with E-state index in [-0.39, 0.29) is 24.9 Å². The molecule has 2 saturated heterocycles. The van der Waals surface area contributed by atoms with E-state index in [2.05, 4.69) is 30.7 Å². The molecule has 0 aliphatic carbocycles. The van der Waals surface area contributed by atoms with Crippen LogP contribution in [0.5, 0.6) is 0 Å². The number of rotatable bonds is 11. The van der Waals surface area contributed by atoms with Gasteiger partial charge in [-0.2, -0.15) is 0 Å². The predicted molar refractivity (Wildman–Crippen MR) is 190 cm³/mol. The molecule has 0 spiro atoms. The maximum atomic E-state index is 13.1. The quantitative estimate of drug-likeness (QED) is 0.198. The Morgan fingerprint density at radius 2 is 0.962 bits per heavy atom. The van der Waals surface area contributed by atoms with Crippen LogP contribution in [0.25, 0.3) is 11.1 Å². The predicted octanol–water partition coefficient (Wildman–Crippen LogP) is 1.92. The molecule has 2 fully saturated rings. The summed E-state index contributed by atoms with van der Waals surface area (Å²) in [6.45, 7) is 6.48. The standard InChI is InChI=1S/C36H48N6O10/c1-35(2,49)27(39-33(47)51-5)31(45)41-17-15-23(19-41)29(43)37-25-11-7-21(8-12-25)22-9-13-26(14-10-22)38-30(44)24-16-18-42(20-24)32(46)28(36(3,4)50)40-34(48)52-6/h7-14,23-24,27-28,49-50H,15-20H2,1-6H3,(H,37,43)(H,38,44)(H,39,47)(H,40,48)/t23-,24+,27-,28+. The zero-order valence-electron chi connectivity index (χ0n) is 30.2. The second kappa shape index (κ2) is 16.4. The third-order valence-corrected chi connectivity index (χ3v) is 9.18. The van der Waals surface area contributed by atoms with E-state index >= 15 is 0 Å². The fourth-order valence-electron chi connectivity index (χ4n) is 6.13. The van der Waals surface area contributed by atoms with Crippen molar-refractivity contribution in [1.29, 1.82) is 0 Å². The van der Waals surface area contributed by atoms with Gasteiger partial charge in [-0.15, -0.1) is 0 Å². The average molecular weight is 725 g/mol. The number of carbonyl (C=O) groups excluding carboxylic acids is 6. The zero-order chi connectivity index (χ0) is 38.4. The van der Waals surface area contributed by atoms with Crippen LogP contribution >= 0.6 is 0 Å². The largest absolute Gasteiger partial charge is 0.453 e. The topological polar surface area (TPSA) is 216 Å². The van der Waals surface area contributed by atoms with Crippen LogP contribution in [-0.2, 0) is 28.7 Å². The molecule has 16 heteroatoms. The Bertz CT molecular complexity index is 1510. The van der Waals surface area contributed by atoms with Crippen LogP contribution in [0.15, 0.2) is 48.5 Å². The summed E-state index contributed by atoms with van der Waals surface area (Å²) < 4.78 is 9.16. The lowest BCUT2D eigenvalue weighted by atomic mass is 9.97. The SMILES string of the molecule is COC(=O)N[C@H](C(=O)N1CC[C@@H](C(=O)Nc2ccc(-c3ccc(NC(=O)[C@H]4CCN(C(=O)[C@H](NC(=O)OC)C(C)(C)O)C4)cc3)cc2)C1)C(C)(C)O. The summed E-state index contributed by atoms with van der Waals surface area (Å²) in [5, 5.41) is 31.4.